The van der Waals surface area contributed by atoms with Crippen LogP contribution in [-0.4, -0.2) is 35.6 Å². The molecule has 1 aliphatic rings. The fourth-order valence-corrected chi connectivity index (χ4v) is 2.05. The summed E-state index contributed by atoms with van der Waals surface area (Å²) in [5, 5.41) is 9.16. The third-order valence-electron chi connectivity index (χ3n) is 2.96. The lowest BCUT2D eigenvalue weighted by atomic mass is 9.89. The van der Waals surface area contributed by atoms with Gasteiger partial charge in [-0.25, -0.2) is 0 Å². The van der Waals surface area contributed by atoms with Gasteiger partial charge in [0, 0.05) is 0 Å². The maximum atomic E-state index is 11.1. The molecule has 12 heavy (non-hydrogen) atoms. The molecule has 0 radical (unpaired) electrons. The zero-order chi connectivity index (χ0) is 9.35. The molecule has 0 aromatic carbocycles. The lowest BCUT2D eigenvalue weighted by Crippen LogP contribution is -2.52. The molecule has 1 aliphatic carbocycles. The minimum Gasteiger partial charge on any atom is -0.480 e. The summed E-state index contributed by atoms with van der Waals surface area (Å²) < 4.78 is 0. The molecule has 0 saturated heterocycles. The smallest absolute Gasteiger partial charge is 0.324 e. The lowest BCUT2D eigenvalue weighted by Gasteiger charge is -2.35. The summed E-state index contributed by atoms with van der Waals surface area (Å²) in [6, 6.07) is 0. The number of likely N-dealkylation sites (N-methyl/N-ethyl adjacent to an activating group) is 1. The Morgan fingerprint density at radius 3 is 2.17 bits per heavy atom. The number of hydrogen-bond acceptors (Lipinski definition) is 2. The first kappa shape index (κ1) is 9.52. The highest BCUT2D eigenvalue weighted by molar-refractivity contribution is 5.79. The van der Waals surface area contributed by atoms with Crippen LogP contribution in [0.5, 0.6) is 0 Å². The number of aliphatic carboxylic acids is 1. The molecule has 1 atom stereocenters. The van der Waals surface area contributed by atoms with Crippen LogP contribution in [-0.2, 0) is 4.79 Å². The van der Waals surface area contributed by atoms with Crippen molar-refractivity contribution in [2.45, 2.75) is 31.7 Å². The lowest BCUT2D eigenvalue weighted by molar-refractivity contribution is -0.151. The molecule has 0 amide bonds. The van der Waals surface area contributed by atoms with E-state index in [1.165, 1.54) is 0 Å². The van der Waals surface area contributed by atoms with E-state index in [1.807, 2.05) is 25.9 Å². The quantitative estimate of drug-likeness (QED) is 0.690. The van der Waals surface area contributed by atoms with E-state index in [0.29, 0.717) is 12.3 Å². The second-order valence-electron chi connectivity index (χ2n) is 3.75. The number of hydrogen-bond donors (Lipinski definition) is 1. The molecule has 70 valence electrons. The average Bonchev–Trinajstić information content (AvgIpc) is 2.72. The van der Waals surface area contributed by atoms with E-state index in [2.05, 4.69) is 0 Å². The molecule has 1 rings (SSSR count). The zero-order valence-corrected chi connectivity index (χ0v) is 8.00. The Balaban J connectivity index is 2.86. The fourth-order valence-electron chi connectivity index (χ4n) is 2.05. The Hall–Kier alpha value is -0.570. The molecule has 1 N–H and O–H groups in total. The molecule has 0 heterocycles. The molecule has 3 heteroatoms. The average molecular weight is 171 g/mol. The molecule has 0 aliphatic heterocycles. The van der Waals surface area contributed by atoms with Gasteiger partial charge in [-0.15, -0.1) is 0 Å². The van der Waals surface area contributed by atoms with Gasteiger partial charge in [0.15, 0.2) is 0 Å². The van der Waals surface area contributed by atoms with Crippen molar-refractivity contribution in [2.75, 3.05) is 14.1 Å². The van der Waals surface area contributed by atoms with E-state index in [0.717, 1.165) is 12.8 Å². The minimum absolute atomic E-state index is 0.370. The van der Waals surface area contributed by atoms with Gasteiger partial charge in [0.1, 0.15) is 5.54 Å². The second-order valence-corrected chi connectivity index (χ2v) is 3.75. The van der Waals surface area contributed by atoms with Gasteiger partial charge < -0.3 is 5.11 Å². The molecule has 1 fully saturated rings. The zero-order valence-electron chi connectivity index (χ0n) is 8.00. The fraction of sp³-hybridized carbons (Fsp3) is 0.889. The van der Waals surface area contributed by atoms with E-state index >= 15 is 0 Å². The SMILES string of the molecule is CCC(C(=O)O)(C1CC1)N(C)C. The predicted octanol–water partition coefficient (Wildman–Crippen LogP) is 1.19. The number of carbonyl (C=O) groups is 1. The highest BCUT2D eigenvalue weighted by atomic mass is 16.4. The Morgan fingerprint density at radius 1 is 1.58 bits per heavy atom. The van der Waals surface area contributed by atoms with Crippen LogP contribution in [0, 0.1) is 5.92 Å². The number of nitrogens with zero attached hydrogens (tertiary/aromatic N) is 1. The molecule has 3 nitrogen and oxygen atoms in total. The van der Waals surface area contributed by atoms with Crippen LogP contribution >= 0.6 is 0 Å². The van der Waals surface area contributed by atoms with Crippen molar-refractivity contribution in [3.05, 3.63) is 0 Å². The monoisotopic (exact) mass is 171 g/mol. The van der Waals surface area contributed by atoms with Crippen molar-refractivity contribution in [1.82, 2.24) is 4.90 Å². The Kier molecular flexibility index (Phi) is 2.42. The summed E-state index contributed by atoms with van der Waals surface area (Å²) in [4.78, 5) is 13.0. The van der Waals surface area contributed by atoms with E-state index in [4.69, 9.17) is 5.11 Å². The molecule has 0 aromatic heterocycles. The van der Waals surface area contributed by atoms with Crippen LogP contribution in [0.3, 0.4) is 0 Å². The van der Waals surface area contributed by atoms with Gasteiger partial charge in [0.2, 0.25) is 0 Å². The highest BCUT2D eigenvalue weighted by Crippen LogP contribution is 2.44. The van der Waals surface area contributed by atoms with E-state index in [-0.39, 0.29) is 0 Å². The molecular weight excluding hydrogens is 154 g/mol. The highest BCUT2D eigenvalue weighted by Gasteiger charge is 2.51. The maximum absolute atomic E-state index is 11.1. The molecular formula is C9H17NO2. The van der Waals surface area contributed by atoms with Crippen LogP contribution in [0.2, 0.25) is 0 Å². The molecule has 0 spiro atoms. The van der Waals surface area contributed by atoms with Gasteiger partial charge in [-0.1, -0.05) is 6.92 Å². The van der Waals surface area contributed by atoms with Crippen molar-refractivity contribution in [3.8, 4) is 0 Å². The summed E-state index contributed by atoms with van der Waals surface area (Å²) >= 11 is 0. The summed E-state index contributed by atoms with van der Waals surface area (Å²) in [6.45, 7) is 1.95. The van der Waals surface area contributed by atoms with Crippen LogP contribution in [0.25, 0.3) is 0 Å². The van der Waals surface area contributed by atoms with E-state index < -0.39 is 11.5 Å². The van der Waals surface area contributed by atoms with E-state index in [9.17, 15) is 4.79 Å². The van der Waals surface area contributed by atoms with Crippen LogP contribution in [0.4, 0.5) is 0 Å². The number of carboxylic acids is 1. The largest absolute Gasteiger partial charge is 0.480 e. The van der Waals surface area contributed by atoms with E-state index in [1.54, 1.807) is 0 Å². The van der Waals surface area contributed by atoms with Gasteiger partial charge in [-0.3, -0.25) is 9.69 Å². The summed E-state index contributed by atoms with van der Waals surface area (Å²) in [5.74, 6) is -0.299. The number of rotatable bonds is 4. The Bertz CT molecular complexity index is 183. The van der Waals surface area contributed by atoms with Gasteiger partial charge in [0.05, 0.1) is 0 Å². The van der Waals surface area contributed by atoms with Gasteiger partial charge in [-0.2, -0.15) is 0 Å². The van der Waals surface area contributed by atoms with Crippen LogP contribution in [0.1, 0.15) is 26.2 Å². The van der Waals surface area contributed by atoms with Crippen molar-refractivity contribution in [1.29, 1.82) is 0 Å². The third kappa shape index (κ3) is 1.22. The maximum Gasteiger partial charge on any atom is 0.324 e. The first-order valence-corrected chi connectivity index (χ1v) is 4.46. The first-order valence-electron chi connectivity index (χ1n) is 4.46. The Labute approximate surface area is 73.4 Å². The molecule has 1 saturated carbocycles. The normalized spacial score (nSPS) is 22.3. The van der Waals surface area contributed by atoms with Crippen LogP contribution in [0.15, 0.2) is 0 Å². The molecule has 0 bridgehead atoms. The van der Waals surface area contributed by atoms with Gasteiger partial charge in [-0.05, 0) is 39.3 Å². The van der Waals surface area contributed by atoms with Crippen LogP contribution < -0.4 is 0 Å². The van der Waals surface area contributed by atoms with Crippen molar-refractivity contribution >= 4 is 5.97 Å². The molecule has 1 unspecified atom stereocenters. The van der Waals surface area contributed by atoms with Gasteiger partial charge >= 0.3 is 5.97 Å². The van der Waals surface area contributed by atoms with Crippen molar-refractivity contribution < 1.29 is 9.90 Å². The van der Waals surface area contributed by atoms with Crippen molar-refractivity contribution in [2.24, 2.45) is 5.92 Å². The third-order valence-corrected chi connectivity index (χ3v) is 2.96. The summed E-state index contributed by atoms with van der Waals surface area (Å²) in [5.41, 5.74) is -0.597. The second kappa shape index (κ2) is 3.05. The summed E-state index contributed by atoms with van der Waals surface area (Å²) in [7, 11) is 3.71. The Morgan fingerprint density at radius 2 is 2.08 bits per heavy atom. The topological polar surface area (TPSA) is 40.5 Å². The standard InChI is InChI=1S/C9H17NO2/c1-4-9(8(11)12,10(2)3)7-5-6-7/h7H,4-6H2,1-3H3,(H,11,12). The predicted molar refractivity (Wildman–Crippen MR) is 47.1 cm³/mol. The molecule has 0 aromatic rings. The van der Waals surface area contributed by atoms with Crippen molar-refractivity contribution in [3.63, 3.8) is 0 Å². The van der Waals surface area contributed by atoms with Gasteiger partial charge in [0.25, 0.3) is 0 Å². The minimum atomic E-state index is -0.669. The summed E-state index contributed by atoms with van der Waals surface area (Å²) in [6.07, 6.45) is 2.83. The first-order chi connectivity index (χ1) is 5.55. The number of carboxylic acid groups (broad SMARTS) is 1.